The number of fused-ring (bicyclic) bond motifs is 1. The van der Waals surface area contributed by atoms with Crippen LogP contribution in [0.3, 0.4) is 0 Å². The molecule has 1 aromatic heterocycles. The SMILES string of the molecule is CC(=O)N1c2ccc(C(N)=O)cc2C(Nc2ncccn2)[C@@H](C)C1C1CC1. The molecule has 27 heavy (non-hydrogen) atoms. The maximum Gasteiger partial charge on any atom is 0.248 e. The molecule has 1 fully saturated rings. The van der Waals surface area contributed by atoms with Gasteiger partial charge in [-0.2, -0.15) is 0 Å². The Morgan fingerprint density at radius 2 is 1.93 bits per heavy atom. The van der Waals surface area contributed by atoms with Gasteiger partial charge in [0.15, 0.2) is 0 Å². The molecule has 1 aromatic carbocycles. The van der Waals surface area contributed by atoms with Crippen LogP contribution in [0.5, 0.6) is 0 Å². The quantitative estimate of drug-likeness (QED) is 0.867. The molecule has 0 saturated heterocycles. The van der Waals surface area contributed by atoms with Crippen LogP contribution in [0, 0.1) is 11.8 Å². The highest BCUT2D eigenvalue weighted by Gasteiger charge is 2.47. The number of anilines is 2. The standard InChI is InChI=1S/C20H23N5O2/c1-11-17(24-20-22-8-3-9-23-20)15-10-14(19(21)27)6-7-16(15)25(12(2)26)18(11)13-4-5-13/h3,6-11,13,17-18H,4-5H2,1-2H3,(H2,21,27)(H,22,23,24)/t11-,17?,18?/m1/s1. The number of hydrogen-bond acceptors (Lipinski definition) is 5. The van der Waals surface area contributed by atoms with Gasteiger partial charge in [-0.05, 0) is 48.6 Å². The highest BCUT2D eigenvalue weighted by Crippen LogP contribution is 2.49. The summed E-state index contributed by atoms with van der Waals surface area (Å²) in [5.41, 5.74) is 7.62. The summed E-state index contributed by atoms with van der Waals surface area (Å²) in [7, 11) is 0. The Morgan fingerprint density at radius 1 is 1.22 bits per heavy atom. The van der Waals surface area contributed by atoms with Crippen LogP contribution >= 0.6 is 0 Å². The second kappa shape index (κ2) is 6.64. The number of primary amides is 1. The molecule has 2 amide bonds. The van der Waals surface area contributed by atoms with Crippen LogP contribution in [-0.4, -0.2) is 27.8 Å². The Labute approximate surface area is 158 Å². The number of hydrogen-bond donors (Lipinski definition) is 2. The lowest BCUT2D eigenvalue weighted by Crippen LogP contribution is -2.51. The fourth-order valence-corrected chi connectivity index (χ4v) is 4.23. The number of benzene rings is 1. The number of carbonyl (C=O) groups excluding carboxylic acids is 2. The molecule has 2 heterocycles. The Kier molecular flexibility index (Phi) is 4.30. The van der Waals surface area contributed by atoms with Crippen molar-refractivity contribution in [3.8, 4) is 0 Å². The first kappa shape index (κ1) is 17.5. The average molecular weight is 365 g/mol. The fraction of sp³-hybridized carbons (Fsp3) is 0.400. The maximum absolute atomic E-state index is 12.5. The van der Waals surface area contributed by atoms with Crippen molar-refractivity contribution in [2.45, 2.75) is 38.8 Å². The Hall–Kier alpha value is -2.96. The van der Waals surface area contributed by atoms with Crippen molar-refractivity contribution in [1.29, 1.82) is 0 Å². The highest BCUT2D eigenvalue weighted by atomic mass is 16.2. The molecule has 7 heteroatoms. The number of nitrogens with two attached hydrogens (primary N) is 1. The minimum Gasteiger partial charge on any atom is -0.366 e. The van der Waals surface area contributed by atoms with Gasteiger partial charge in [0.05, 0.1) is 6.04 Å². The number of rotatable bonds is 4. The third kappa shape index (κ3) is 3.13. The minimum atomic E-state index is -0.487. The second-order valence-corrected chi connectivity index (χ2v) is 7.41. The van der Waals surface area contributed by atoms with Gasteiger partial charge >= 0.3 is 0 Å². The van der Waals surface area contributed by atoms with E-state index in [-0.39, 0.29) is 23.9 Å². The fourth-order valence-electron chi connectivity index (χ4n) is 4.23. The lowest BCUT2D eigenvalue weighted by atomic mass is 9.79. The lowest BCUT2D eigenvalue weighted by molar-refractivity contribution is -0.117. The van der Waals surface area contributed by atoms with E-state index in [1.165, 1.54) is 0 Å². The van der Waals surface area contributed by atoms with E-state index < -0.39 is 5.91 Å². The Morgan fingerprint density at radius 3 is 2.52 bits per heavy atom. The van der Waals surface area contributed by atoms with E-state index in [0.717, 1.165) is 24.1 Å². The Balaban J connectivity index is 1.84. The van der Waals surface area contributed by atoms with Gasteiger partial charge in [0.1, 0.15) is 0 Å². The van der Waals surface area contributed by atoms with E-state index in [0.29, 0.717) is 17.4 Å². The first-order valence-electron chi connectivity index (χ1n) is 9.24. The molecule has 0 spiro atoms. The van der Waals surface area contributed by atoms with E-state index in [1.54, 1.807) is 37.5 Å². The van der Waals surface area contributed by atoms with E-state index in [9.17, 15) is 9.59 Å². The second-order valence-electron chi connectivity index (χ2n) is 7.41. The molecule has 140 valence electrons. The number of nitrogens with one attached hydrogen (secondary N) is 1. The van der Waals surface area contributed by atoms with Crippen molar-refractivity contribution in [3.05, 3.63) is 47.8 Å². The van der Waals surface area contributed by atoms with Gasteiger partial charge in [0.2, 0.25) is 17.8 Å². The van der Waals surface area contributed by atoms with Crippen LogP contribution in [-0.2, 0) is 4.79 Å². The normalized spacial score (nSPS) is 24.2. The lowest BCUT2D eigenvalue weighted by Gasteiger charge is -2.45. The van der Waals surface area contributed by atoms with Gasteiger partial charge < -0.3 is 16.0 Å². The van der Waals surface area contributed by atoms with Crippen LogP contribution in [0.4, 0.5) is 11.6 Å². The zero-order valence-electron chi connectivity index (χ0n) is 15.4. The van der Waals surface area contributed by atoms with Gasteiger partial charge in [0.25, 0.3) is 0 Å². The minimum absolute atomic E-state index is 0.0150. The summed E-state index contributed by atoms with van der Waals surface area (Å²) < 4.78 is 0. The van der Waals surface area contributed by atoms with Crippen molar-refractivity contribution >= 4 is 23.5 Å². The van der Waals surface area contributed by atoms with E-state index in [1.807, 2.05) is 11.0 Å². The number of amides is 2. The third-order valence-corrected chi connectivity index (χ3v) is 5.56. The van der Waals surface area contributed by atoms with Gasteiger partial charge in [-0.15, -0.1) is 0 Å². The van der Waals surface area contributed by atoms with Crippen molar-refractivity contribution in [2.24, 2.45) is 17.6 Å². The summed E-state index contributed by atoms with van der Waals surface area (Å²) in [5.74, 6) is 0.672. The van der Waals surface area contributed by atoms with Crippen molar-refractivity contribution < 1.29 is 9.59 Å². The number of carbonyl (C=O) groups is 2. The summed E-state index contributed by atoms with van der Waals surface area (Å²) in [6.07, 6.45) is 5.62. The van der Waals surface area contributed by atoms with E-state index in [4.69, 9.17) is 5.73 Å². The van der Waals surface area contributed by atoms with Crippen LogP contribution < -0.4 is 16.0 Å². The summed E-state index contributed by atoms with van der Waals surface area (Å²) >= 11 is 0. The molecule has 3 atom stereocenters. The molecular weight excluding hydrogens is 342 g/mol. The third-order valence-electron chi connectivity index (χ3n) is 5.56. The first-order valence-corrected chi connectivity index (χ1v) is 9.24. The summed E-state index contributed by atoms with van der Waals surface area (Å²) in [4.78, 5) is 34.7. The zero-order chi connectivity index (χ0) is 19.1. The summed E-state index contributed by atoms with van der Waals surface area (Å²) in [6, 6.07) is 7.05. The van der Waals surface area contributed by atoms with Gasteiger partial charge in [-0.1, -0.05) is 6.92 Å². The van der Waals surface area contributed by atoms with Crippen molar-refractivity contribution in [2.75, 3.05) is 10.2 Å². The van der Waals surface area contributed by atoms with Crippen molar-refractivity contribution in [1.82, 2.24) is 9.97 Å². The summed E-state index contributed by atoms with van der Waals surface area (Å²) in [6.45, 7) is 3.74. The topological polar surface area (TPSA) is 101 Å². The zero-order valence-corrected chi connectivity index (χ0v) is 15.4. The van der Waals surface area contributed by atoms with Crippen LogP contribution in [0.2, 0.25) is 0 Å². The molecule has 2 aromatic rings. The summed E-state index contributed by atoms with van der Waals surface area (Å²) in [5, 5.41) is 3.41. The highest BCUT2D eigenvalue weighted by molar-refractivity contribution is 5.97. The average Bonchev–Trinajstić information content (AvgIpc) is 3.48. The smallest absolute Gasteiger partial charge is 0.248 e. The monoisotopic (exact) mass is 365 g/mol. The van der Waals surface area contributed by atoms with Gasteiger partial charge in [-0.25, -0.2) is 9.97 Å². The number of aromatic nitrogens is 2. The molecule has 2 aliphatic rings. The van der Waals surface area contributed by atoms with E-state index in [2.05, 4.69) is 22.2 Å². The van der Waals surface area contributed by atoms with Crippen LogP contribution in [0.1, 0.15) is 48.7 Å². The maximum atomic E-state index is 12.5. The molecular formula is C20H23N5O2. The number of nitrogens with zero attached hydrogens (tertiary/aromatic N) is 3. The largest absolute Gasteiger partial charge is 0.366 e. The van der Waals surface area contributed by atoms with E-state index >= 15 is 0 Å². The predicted molar refractivity (Wildman–Crippen MR) is 102 cm³/mol. The Bertz CT molecular complexity index is 881. The first-order chi connectivity index (χ1) is 13.0. The van der Waals surface area contributed by atoms with Crippen LogP contribution in [0.25, 0.3) is 0 Å². The van der Waals surface area contributed by atoms with Crippen LogP contribution in [0.15, 0.2) is 36.7 Å². The molecule has 1 saturated carbocycles. The van der Waals surface area contributed by atoms with Crippen molar-refractivity contribution in [3.63, 3.8) is 0 Å². The molecule has 7 nitrogen and oxygen atoms in total. The predicted octanol–water partition coefficient (Wildman–Crippen LogP) is 2.51. The molecule has 4 rings (SSSR count). The molecule has 0 bridgehead atoms. The molecule has 2 unspecified atom stereocenters. The molecule has 1 aliphatic heterocycles. The van der Waals surface area contributed by atoms with Gasteiger partial charge in [0, 0.05) is 42.5 Å². The molecule has 1 aliphatic carbocycles. The molecule has 0 radical (unpaired) electrons. The molecule has 3 N–H and O–H groups in total. The van der Waals surface area contributed by atoms with Gasteiger partial charge in [-0.3, -0.25) is 9.59 Å².